The zero-order valence-electron chi connectivity index (χ0n) is 16.8. The zero-order valence-corrected chi connectivity index (χ0v) is 17.6. The molecule has 5 nitrogen and oxygen atoms in total. The summed E-state index contributed by atoms with van der Waals surface area (Å²) in [7, 11) is 0. The lowest BCUT2D eigenvalue weighted by Gasteiger charge is -2.21. The second kappa shape index (κ2) is 9.79. The van der Waals surface area contributed by atoms with Crippen molar-refractivity contribution in [2.24, 2.45) is 0 Å². The van der Waals surface area contributed by atoms with Crippen molar-refractivity contribution in [3.8, 4) is 5.75 Å². The number of carbonyl (C=O) groups is 2. The molecule has 1 saturated carbocycles. The van der Waals surface area contributed by atoms with E-state index in [1.165, 1.54) is 6.42 Å². The largest absolute Gasteiger partial charge is 0.482 e. The van der Waals surface area contributed by atoms with Crippen LogP contribution < -0.4 is 10.1 Å². The molecule has 1 aliphatic carbocycles. The Bertz CT molecular complexity index is 850. The highest BCUT2D eigenvalue weighted by atomic mass is 35.5. The molecule has 29 heavy (non-hydrogen) atoms. The van der Waals surface area contributed by atoms with Crippen molar-refractivity contribution < 1.29 is 19.1 Å². The quantitative estimate of drug-likeness (QED) is 0.636. The van der Waals surface area contributed by atoms with Crippen molar-refractivity contribution >= 4 is 29.2 Å². The van der Waals surface area contributed by atoms with Crippen LogP contribution >= 0.6 is 11.6 Å². The molecule has 1 amide bonds. The standard InChI is InChI=1S/C23H26ClNO4/c1-15-12-16(2)22(20(24)13-15)28-14-21(26)25-18-10-8-17(9-11-18)23(27)29-19-6-4-3-5-7-19/h8-13,19H,3-7,14H2,1-2H3,(H,25,26). The molecule has 0 aliphatic heterocycles. The SMILES string of the molecule is Cc1cc(C)c(OCC(=O)Nc2ccc(C(=O)OC3CCCCC3)cc2)c(Cl)c1. The van der Waals surface area contributed by atoms with E-state index in [2.05, 4.69) is 5.32 Å². The van der Waals surface area contributed by atoms with Crippen LogP contribution in [0.4, 0.5) is 5.69 Å². The normalized spacial score (nSPS) is 14.3. The Labute approximate surface area is 176 Å². The van der Waals surface area contributed by atoms with Gasteiger partial charge in [0.05, 0.1) is 10.6 Å². The molecule has 1 fully saturated rings. The van der Waals surface area contributed by atoms with Crippen molar-refractivity contribution in [1.29, 1.82) is 0 Å². The molecule has 0 atom stereocenters. The maximum absolute atomic E-state index is 12.3. The molecule has 0 radical (unpaired) electrons. The first kappa shape index (κ1) is 21.2. The van der Waals surface area contributed by atoms with Gasteiger partial charge in [-0.2, -0.15) is 0 Å². The molecule has 0 heterocycles. The lowest BCUT2D eigenvalue weighted by atomic mass is 9.98. The number of anilines is 1. The summed E-state index contributed by atoms with van der Waals surface area (Å²) in [5.41, 5.74) is 2.97. The van der Waals surface area contributed by atoms with Gasteiger partial charge in [0.15, 0.2) is 6.61 Å². The minimum Gasteiger partial charge on any atom is -0.482 e. The highest BCUT2D eigenvalue weighted by Crippen LogP contribution is 2.29. The molecular weight excluding hydrogens is 390 g/mol. The third kappa shape index (κ3) is 5.97. The molecule has 0 bridgehead atoms. The van der Waals surface area contributed by atoms with Gasteiger partial charge < -0.3 is 14.8 Å². The van der Waals surface area contributed by atoms with Crippen molar-refractivity contribution in [3.05, 3.63) is 58.1 Å². The summed E-state index contributed by atoms with van der Waals surface area (Å²) in [5, 5.41) is 3.23. The van der Waals surface area contributed by atoms with E-state index in [9.17, 15) is 9.59 Å². The van der Waals surface area contributed by atoms with Crippen LogP contribution in [0.1, 0.15) is 53.6 Å². The highest BCUT2D eigenvalue weighted by molar-refractivity contribution is 6.32. The first-order valence-corrected chi connectivity index (χ1v) is 10.3. The smallest absolute Gasteiger partial charge is 0.338 e. The second-order valence-electron chi connectivity index (χ2n) is 7.47. The van der Waals surface area contributed by atoms with Crippen LogP contribution in [-0.2, 0) is 9.53 Å². The van der Waals surface area contributed by atoms with Crippen LogP contribution in [-0.4, -0.2) is 24.6 Å². The maximum Gasteiger partial charge on any atom is 0.338 e. The van der Waals surface area contributed by atoms with Gasteiger partial charge in [-0.15, -0.1) is 0 Å². The van der Waals surface area contributed by atoms with Crippen LogP contribution in [0.15, 0.2) is 36.4 Å². The molecule has 1 N–H and O–H groups in total. The summed E-state index contributed by atoms with van der Waals surface area (Å²) in [5.74, 6) is -0.116. The number of ether oxygens (including phenoxy) is 2. The Hall–Kier alpha value is -2.53. The topological polar surface area (TPSA) is 64.6 Å². The number of halogens is 1. The van der Waals surface area contributed by atoms with E-state index in [1.54, 1.807) is 30.3 Å². The van der Waals surface area contributed by atoms with Crippen LogP contribution in [0.2, 0.25) is 5.02 Å². The number of rotatable bonds is 6. The van der Waals surface area contributed by atoms with E-state index in [1.807, 2.05) is 19.9 Å². The number of carbonyl (C=O) groups excluding carboxylic acids is 2. The summed E-state index contributed by atoms with van der Waals surface area (Å²) < 4.78 is 11.1. The van der Waals surface area contributed by atoms with Gasteiger partial charge in [-0.05, 0) is 81.0 Å². The minimum absolute atomic E-state index is 0.0184. The zero-order chi connectivity index (χ0) is 20.8. The second-order valence-corrected chi connectivity index (χ2v) is 7.88. The molecular formula is C23H26ClNO4. The number of esters is 1. The number of benzene rings is 2. The Kier molecular flexibility index (Phi) is 7.15. The molecule has 0 unspecified atom stereocenters. The van der Waals surface area contributed by atoms with Gasteiger partial charge in [-0.1, -0.05) is 24.1 Å². The monoisotopic (exact) mass is 415 g/mol. The van der Waals surface area contributed by atoms with E-state index in [0.29, 0.717) is 22.0 Å². The van der Waals surface area contributed by atoms with Crippen LogP contribution in [0.3, 0.4) is 0 Å². The van der Waals surface area contributed by atoms with E-state index in [4.69, 9.17) is 21.1 Å². The van der Waals surface area contributed by atoms with E-state index >= 15 is 0 Å². The predicted octanol–water partition coefficient (Wildman–Crippen LogP) is 5.46. The fraction of sp³-hybridized carbons (Fsp3) is 0.391. The van der Waals surface area contributed by atoms with Gasteiger partial charge in [0.25, 0.3) is 5.91 Å². The van der Waals surface area contributed by atoms with Gasteiger partial charge in [0.2, 0.25) is 0 Å². The highest BCUT2D eigenvalue weighted by Gasteiger charge is 2.18. The van der Waals surface area contributed by atoms with Gasteiger partial charge in [-0.3, -0.25) is 4.79 Å². The Morgan fingerprint density at radius 3 is 2.41 bits per heavy atom. The predicted molar refractivity (Wildman–Crippen MR) is 114 cm³/mol. The average molecular weight is 416 g/mol. The first-order chi connectivity index (χ1) is 13.9. The number of hydrogen-bond acceptors (Lipinski definition) is 4. The molecule has 6 heteroatoms. The molecule has 154 valence electrons. The molecule has 0 aromatic heterocycles. The maximum atomic E-state index is 12.3. The molecule has 1 aliphatic rings. The van der Waals surface area contributed by atoms with Crippen LogP contribution in [0.25, 0.3) is 0 Å². The lowest BCUT2D eigenvalue weighted by Crippen LogP contribution is -2.21. The Morgan fingerprint density at radius 1 is 1.07 bits per heavy atom. The summed E-state index contributed by atoms with van der Waals surface area (Å²) in [6, 6.07) is 10.4. The average Bonchev–Trinajstić information content (AvgIpc) is 2.68. The van der Waals surface area contributed by atoms with Gasteiger partial charge in [-0.25, -0.2) is 4.79 Å². The van der Waals surface area contributed by atoms with E-state index < -0.39 is 0 Å². The van der Waals surface area contributed by atoms with Gasteiger partial charge >= 0.3 is 5.97 Å². The van der Waals surface area contributed by atoms with Crippen molar-refractivity contribution in [2.75, 3.05) is 11.9 Å². The fourth-order valence-corrected chi connectivity index (χ4v) is 3.89. The van der Waals surface area contributed by atoms with Crippen molar-refractivity contribution in [1.82, 2.24) is 0 Å². The summed E-state index contributed by atoms with van der Waals surface area (Å²) in [4.78, 5) is 24.4. The summed E-state index contributed by atoms with van der Waals surface area (Å²) >= 11 is 6.19. The Balaban J connectivity index is 1.51. The number of aryl methyl sites for hydroxylation is 2. The van der Waals surface area contributed by atoms with Crippen LogP contribution in [0.5, 0.6) is 5.75 Å². The van der Waals surface area contributed by atoms with Crippen molar-refractivity contribution in [3.63, 3.8) is 0 Å². The molecule has 2 aromatic carbocycles. The first-order valence-electron chi connectivity index (χ1n) is 9.93. The van der Waals surface area contributed by atoms with Gasteiger partial charge in [0, 0.05) is 5.69 Å². The third-order valence-corrected chi connectivity index (χ3v) is 5.23. The summed E-state index contributed by atoms with van der Waals surface area (Å²) in [6.45, 7) is 3.68. The fourth-order valence-electron chi connectivity index (χ4n) is 3.51. The summed E-state index contributed by atoms with van der Waals surface area (Å²) in [6.07, 6.45) is 5.32. The number of hydrogen-bond donors (Lipinski definition) is 1. The number of nitrogens with one attached hydrogen (secondary N) is 1. The molecule has 0 spiro atoms. The molecule has 0 saturated heterocycles. The van der Waals surface area contributed by atoms with Crippen molar-refractivity contribution in [2.45, 2.75) is 52.1 Å². The Morgan fingerprint density at radius 2 is 1.76 bits per heavy atom. The van der Waals surface area contributed by atoms with E-state index in [-0.39, 0.29) is 24.6 Å². The molecule has 2 aromatic rings. The van der Waals surface area contributed by atoms with Gasteiger partial charge in [0.1, 0.15) is 11.9 Å². The number of amides is 1. The van der Waals surface area contributed by atoms with Crippen LogP contribution in [0, 0.1) is 13.8 Å². The third-order valence-electron chi connectivity index (χ3n) is 4.95. The van der Waals surface area contributed by atoms with E-state index in [0.717, 1.165) is 36.8 Å². The molecule has 3 rings (SSSR count). The minimum atomic E-state index is -0.317. The lowest BCUT2D eigenvalue weighted by molar-refractivity contribution is -0.118.